The van der Waals surface area contributed by atoms with Gasteiger partial charge in [0, 0.05) is 23.1 Å². The van der Waals surface area contributed by atoms with Crippen LogP contribution in [0.5, 0.6) is 5.75 Å². The fraction of sp³-hybridized carbons (Fsp3) is 0.118. The first kappa shape index (κ1) is 13.2. The van der Waals surface area contributed by atoms with Crippen LogP contribution in [0.4, 0.5) is 11.4 Å². The molecule has 0 aliphatic carbocycles. The van der Waals surface area contributed by atoms with Gasteiger partial charge in [0.25, 0.3) is 5.91 Å². The number of carbonyl (C=O) groups excluding carboxylic acids is 1. The molecule has 0 saturated carbocycles. The lowest BCUT2D eigenvalue weighted by Crippen LogP contribution is -2.05. The van der Waals surface area contributed by atoms with E-state index in [0.717, 1.165) is 28.3 Å². The summed E-state index contributed by atoms with van der Waals surface area (Å²) in [6.45, 7) is 2.00. The van der Waals surface area contributed by atoms with Gasteiger partial charge in [-0.05, 0) is 42.8 Å². The third-order valence-electron chi connectivity index (χ3n) is 3.51. The molecule has 0 fully saturated rings. The van der Waals surface area contributed by atoms with Crippen molar-refractivity contribution < 1.29 is 9.53 Å². The van der Waals surface area contributed by atoms with Crippen LogP contribution in [0.2, 0.25) is 0 Å². The summed E-state index contributed by atoms with van der Waals surface area (Å²) in [6.07, 6.45) is 1.75. The molecule has 106 valence electrons. The number of carbonyl (C=O) groups is 1. The Morgan fingerprint density at radius 2 is 1.90 bits per heavy atom. The maximum atomic E-state index is 12.1. The molecule has 0 atom stereocenters. The third-order valence-corrected chi connectivity index (χ3v) is 3.51. The van der Waals surface area contributed by atoms with Gasteiger partial charge in [-0.1, -0.05) is 12.1 Å². The minimum absolute atomic E-state index is 0.0830. The van der Waals surface area contributed by atoms with E-state index in [4.69, 9.17) is 4.74 Å². The lowest BCUT2D eigenvalue weighted by atomic mass is 10.0. The van der Waals surface area contributed by atoms with Crippen molar-refractivity contribution >= 4 is 22.9 Å². The van der Waals surface area contributed by atoms with Gasteiger partial charge in [-0.3, -0.25) is 4.79 Å². The summed E-state index contributed by atoms with van der Waals surface area (Å²) < 4.78 is 5.12. The smallest absolute Gasteiger partial charge is 0.257 e. The van der Waals surface area contributed by atoms with E-state index in [1.54, 1.807) is 13.3 Å². The number of hydrogen-bond acceptors (Lipinski definition) is 3. The second-order valence-corrected chi connectivity index (χ2v) is 4.88. The maximum absolute atomic E-state index is 12.1. The van der Waals surface area contributed by atoms with Crippen LogP contribution in [0.1, 0.15) is 11.1 Å². The lowest BCUT2D eigenvalue weighted by molar-refractivity contribution is -0.110. The first-order valence-corrected chi connectivity index (χ1v) is 6.71. The summed E-state index contributed by atoms with van der Waals surface area (Å²) in [7, 11) is 1.63. The molecule has 0 aromatic heterocycles. The molecule has 21 heavy (non-hydrogen) atoms. The van der Waals surface area contributed by atoms with Crippen LogP contribution in [0, 0.1) is 6.92 Å². The van der Waals surface area contributed by atoms with Gasteiger partial charge in [0.2, 0.25) is 0 Å². The first-order valence-electron chi connectivity index (χ1n) is 6.71. The second-order valence-electron chi connectivity index (χ2n) is 4.88. The van der Waals surface area contributed by atoms with Crippen molar-refractivity contribution in [2.24, 2.45) is 0 Å². The average molecular weight is 280 g/mol. The number of ether oxygens (including phenoxy) is 1. The zero-order valence-electron chi connectivity index (χ0n) is 11.9. The fourth-order valence-corrected chi connectivity index (χ4v) is 2.41. The number of anilines is 2. The highest BCUT2D eigenvalue weighted by Gasteiger charge is 2.25. The molecule has 3 rings (SSSR count). The monoisotopic (exact) mass is 280 g/mol. The summed E-state index contributed by atoms with van der Waals surface area (Å²) >= 11 is 0. The second kappa shape index (κ2) is 5.32. The normalized spacial score (nSPS) is 14.8. The molecule has 0 bridgehead atoms. The number of nitrogens with one attached hydrogen (secondary N) is 2. The van der Waals surface area contributed by atoms with Crippen LogP contribution in [-0.4, -0.2) is 13.0 Å². The number of aryl methyl sites for hydroxylation is 1. The largest absolute Gasteiger partial charge is 0.497 e. The van der Waals surface area contributed by atoms with Crippen LogP contribution in [0.15, 0.2) is 48.7 Å². The topological polar surface area (TPSA) is 50.4 Å². The van der Waals surface area contributed by atoms with Crippen molar-refractivity contribution in [3.63, 3.8) is 0 Å². The molecule has 1 amide bonds. The highest BCUT2D eigenvalue weighted by Crippen LogP contribution is 2.34. The van der Waals surface area contributed by atoms with Crippen LogP contribution < -0.4 is 15.4 Å². The Morgan fingerprint density at radius 1 is 1.14 bits per heavy atom. The minimum Gasteiger partial charge on any atom is -0.497 e. The average Bonchev–Trinajstić information content (AvgIpc) is 2.82. The maximum Gasteiger partial charge on any atom is 0.257 e. The van der Waals surface area contributed by atoms with E-state index in [0.29, 0.717) is 5.57 Å². The van der Waals surface area contributed by atoms with Gasteiger partial charge in [-0.15, -0.1) is 0 Å². The Balaban J connectivity index is 1.88. The van der Waals surface area contributed by atoms with E-state index in [1.165, 1.54) is 0 Å². The van der Waals surface area contributed by atoms with Gasteiger partial charge < -0.3 is 15.4 Å². The van der Waals surface area contributed by atoms with Crippen LogP contribution in [-0.2, 0) is 4.79 Å². The van der Waals surface area contributed by atoms with Crippen molar-refractivity contribution in [1.29, 1.82) is 0 Å². The van der Waals surface area contributed by atoms with E-state index in [9.17, 15) is 4.79 Å². The Bertz CT molecular complexity index is 718. The van der Waals surface area contributed by atoms with Gasteiger partial charge in [-0.25, -0.2) is 0 Å². The van der Waals surface area contributed by atoms with Crippen LogP contribution >= 0.6 is 0 Å². The van der Waals surface area contributed by atoms with Crippen LogP contribution in [0.3, 0.4) is 0 Å². The molecule has 0 spiro atoms. The van der Waals surface area contributed by atoms with Crippen molar-refractivity contribution in [1.82, 2.24) is 0 Å². The summed E-state index contributed by atoms with van der Waals surface area (Å²) in [5, 5.41) is 6.03. The van der Waals surface area contributed by atoms with E-state index < -0.39 is 0 Å². The molecule has 1 heterocycles. The third kappa shape index (κ3) is 2.48. The van der Waals surface area contributed by atoms with Crippen molar-refractivity contribution in [2.75, 3.05) is 17.7 Å². The molecular weight excluding hydrogens is 264 g/mol. The molecule has 4 heteroatoms. The molecule has 1 aliphatic heterocycles. The van der Waals surface area contributed by atoms with Gasteiger partial charge >= 0.3 is 0 Å². The molecule has 1 aliphatic rings. The Morgan fingerprint density at radius 3 is 2.62 bits per heavy atom. The Hall–Kier alpha value is -2.75. The number of amides is 1. The molecule has 2 N–H and O–H groups in total. The number of fused-ring (bicyclic) bond motifs is 1. The van der Waals surface area contributed by atoms with E-state index in [1.807, 2.05) is 49.4 Å². The highest BCUT2D eigenvalue weighted by molar-refractivity contribution is 6.32. The summed E-state index contributed by atoms with van der Waals surface area (Å²) in [4.78, 5) is 12.1. The van der Waals surface area contributed by atoms with E-state index in [2.05, 4.69) is 10.6 Å². The lowest BCUT2D eigenvalue weighted by Gasteiger charge is -2.05. The zero-order valence-corrected chi connectivity index (χ0v) is 11.9. The molecule has 0 unspecified atom stereocenters. The highest BCUT2D eigenvalue weighted by atomic mass is 16.5. The van der Waals surface area contributed by atoms with Gasteiger partial charge in [0.05, 0.1) is 12.7 Å². The first-order chi connectivity index (χ1) is 10.2. The SMILES string of the molecule is COc1ccc(NC=C2C(=O)Nc3cccc(C)c32)cc1. The molecule has 4 nitrogen and oxygen atoms in total. The number of rotatable bonds is 3. The predicted molar refractivity (Wildman–Crippen MR) is 84.4 cm³/mol. The molecule has 0 saturated heterocycles. The Kier molecular flexibility index (Phi) is 3.36. The molecule has 2 aromatic carbocycles. The van der Waals surface area contributed by atoms with E-state index in [-0.39, 0.29) is 5.91 Å². The Labute approximate surface area is 123 Å². The number of methoxy groups -OCH3 is 1. The molecule has 2 aromatic rings. The summed E-state index contributed by atoms with van der Waals surface area (Å²) in [5.41, 5.74) is 4.46. The standard InChI is InChI=1S/C17H16N2O2/c1-11-4-3-5-15-16(11)14(17(20)19-15)10-18-12-6-8-13(21-2)9-7-12/h3-10,18H,1-2H3,(H,19,20). The zero-order chi connectivity index (χ0) is 14.8. The summed E-state index contributed by atoms with van der Waals surface area (Å²) in [5.74, 6) is 0.716. The summed E-state index contributed by atoms with van der Waals surface area (Å²) in [6, 6.07) is 13.4. The quantitative estimate of drug-likeness (QED) is 0.847. The van der Waals surface area contributed by atoms with Gasteiger partial charge in [-0.2, -0.15) is 0 Å². The van der Waals surface area contributed by atoms with Crippen molar-refractivity contribution in [3.8, 4) is 5.75 Å². The molecular formula is C17H16N2O2. The van der Waals surface area contributed by atoms with E-state index >= 15 is 0 Å². The predicted octanol–water partition coefficient (Wildman–Crippen LogP) is 3.41. The van der Waals surface area contributed by atoms with Crippen molar-refractivity contribution in [2.45, 2.75) is 6.92 Å². The number of benzene rings is 2. The fourth-order valence-electron chi connectivity index (χ4n) is 2.41. The molecule has 0 radical (unpaired) electrons. The minimum atomic E-state index is -0.0830. The number of hydrogen-bond donors (Lipinski definition) is 2. The van der Waals surface area contributed by atoms with Crippen molar-refractivity contribution in [3.05, 3.63) is 59.8 Å². The van der Waals surface area contributed by atoms with Gasteiger partial charge in [0.1, 0.15) is 5.75 Å². The van der Waals surface area contributed by atoms with Crippen LogP contribution in [0.25, 0.3) is 5.57 Å². The van der Waals surface area contributed by atoms with Gasteiger partial charge in [0.15, 0.2) is 0 Å².